The molecule has 0 spiro atoms. The van der Waals surface area contributed by atoms with Crippen molar-refractivity contribution >= 4 is 11.9 Å². The third-order valence-electron chi connectivity index (χ3n) is 11.8. The number of ether oxygens (including phenoxy) is 1. The zero-order valence-electron chi connectivity index (χ0n) is 28.1. The molecule has 0 aromatic carbocycles. The lowest BCUT2D eigenvalue weighted by Crippen LogP contribution is -2.51. The number of fused-ring (bicyclic) bond motifs is 5. The summed E-state index contributed by atoms with van der Waals surface area (Å²) in [6.07, 6.45) is 18.1. The molecule has 4 unspecified atom stereocenters. The van der Waals surface area contributed by atoms with Gasteiger partial charge in [0.05, 0.1) is 6.54 Å². The maximum Gasteiger partial charge on any atom is 0.320 e. The summed E-state index contributed by atoms with van der Waals surface area (Å²) in [5, 5.41) is 14.0. The average Bonchev–Trinajstić information content (AvgIpc) is 3.27. The number of allylic oxidation sites excluding steroid dienone is 1. The monoisotopic (exact) mass is 588 g/mol. The van der Waals surface area contributed by atoms with Crippen molar-refractivity contribution in [3.8, 4) is 0 Å². The van der Waals surface area contributed by atoms with E-state index in [9.17, 15) is 4.79 Å². The van der Waals surface area contributed by atoms with Gasteiger partial charge in [-0.25, -0.2) is 0 Å². The van der Waals surface area contributed by atoms with E-state index in [0.717, 1.165) is 81.3 Å². The second kappa shape index (κ2) is 16.1. The predicted molar refractivity (Wildman–Crippen MR) is 172 cm³/mol. The van der Waals surface area contributed by atoms with Gasteiger partial charge in [0.15, 0.2) is 0 Å². The summed E-state index contributed by atoms with van der Waals surface area (Å²) in [7, 11) is 0. The van der Waals surface area contributed by atoms with E-state index in [-0.39, 0.29) is 12.1 Å². The lowest BCUT2D eigenvalue weighted by molar-refractivity contribution is -0.150. The van der Waals surface area contributed by atoms with Gasteiger partial charge in [0.2, 0.25) is 0 Å². The Morgan fingerprint density at radius 2 is 1.71 bits per heavy atom. The van der Waals surface area contributed by atoms with E-state index in [1.807, 2.05) is 0 Å². The van der Waals surface area contributed by atoms with Crippen LogP contribution < -0.4 is 10.6 Å². The van der Waals surface area contributed by atoms with Crippen molar-refractivity contribution in [1.82, 2.24) is 10.6 Å². The van der Waals surface area contributed by atoms with Gasteiger partial charge >= 0.3 is 5.97 Å². The minimum absolute atomic E-state index is 0.0679. The lowest BCUT2D eigenvalue weighted by atomic mass is 9.47. The number of rotatable bonds is 13. The molecule has 0 heterocycles. The maximum absolute atomic E-state index is 12.5. The van der Waals surface area contributed by atoms with Crippen molar-refractivity contribution in [2.75, 3.05) is 26.2 Å². The fraction of sp³-hybridized carbons (Fsp3) is 0.889. The third kappa shape index (κ3) is 8.83. The molecule has 242 valence electrons. The molecule has 0 aromatic heterocycles. The van der Waals surface area contributed by atoms with Crippen LogP contribution in [-0.4, -0.2) is 49.3 Å². The predicted octanol–water partition coefficient (Wildman–Crippen LogP) is 7.62. The smallest absolute Gasteiger partial charge is 0.320 e. The van der Waals surface area contributed by atoms with Crippen molar-refractivity contribution in [3.63, 3.8) is 0 Å². The van der Waals surface area contributed by atoms with Gasteiger partial charge in [-0.15, -0.1) is 0 Å². The molecule has 0 amide bonds. The summed E-state index contributed by atoms with van der Waals surface area (Å²) in [6.45, 7) is 19.0. The van der Waals surface area contributed by atoms with Crippen LogP contribution >= 0.6 is 0 Å². The fourth-order valence-corrected chi connectivity index (χ4v) is 9.69. The molecule has 42 heavy (non-hydrogen) atoms. The number of nitrogens with one attached hydrogen (secondary N) is 2. The molecule has 6 heteroatoms. The summed E-state index contributed by atoms with van der Waals surface area (Å²) >= 11 is 0. The maximum atomic E-state index is 12.5. The zero-order valence-corrected chi connectivity index (χ0v) is 28.1. The molecule has 4 aliphatic carbocycles. The van der Waals surface area contributed by atoms with Crippen LogP contribution in [0.2, 0.25) is 0 Å². The largest absolute Gasteiger partial charge is 0.481 e. The van der Waals surface area contributed by atoms with Gasteiger partial charge in [0.1, 0.15) is 6.10 Å². The molecule has 0 saturated heterocycles. The van der Waals surface area contributed by atoms with Crippen molar-refractivity contribution in [2.24, 2.45) is 46.3 Å². The number of carboxylic acid groups (broad SMARTS) is 1. The molecule has 0 aromatic rings. The molecular weight excluding hydrogens is 524 g/mol. The summed E-state index contributed by atoms with van der Waals surface area (Å²) in [6, 6.07) is 0. The number of aliphatic carboxylic acids is 1. The Bertz CT molecular complexity index is 899. The first-order valence-corrected chi connectivity index (χ1v) is 17.4. The Hall–Kier alpha value is -1.40. The number of hydrogen-bond donors (Lipinski definition) is 3. The van der Waals surface area contributed by atoms with Crippen molar-refractivity contribution in [1.29, 1.82) is 0 Å². The molecule has 3 saturated carbocycles. The Morgan fingerprint density at radius 1 is 1.00 bits per heavy atom. The summed E-state index contributed by atoms with van der Waals surface area (Å²) < 4.78 is 5.96. The molecule has 4 aliphatic rings. The van der Waals surface area contributed by atoms with Crippen LogP contribution in [0, 0.1) is 46.3 Å². The highest BCUT2D eigenvalue weighted by Gasteiger charge is 2.59. The van der Waals surface area contributed by atoms with E-state index in [4.69, 9.17) is 14.6 Å². The van der Waals surface area contributed by atoms with E-state index >= 15 is 0 Å². The van der Waals surface area contributed by atoms with Crippen LogP contribution in [-0.2, 0) is 14.3 Å². The molecule has 0 aliphatic heterocycles. The van der Waals surface area contributed by atoms with Crippen LogP contribution in [0.15, 0.2) is 11.6 Å². The van der Waals surface area contributed by atoms with Crippen molar-refractivity contribution in [3.05, 3.63) is 11.6 Å². The molecular formula is C36H64N2O4. The first-order chi connectivity index (χ1) is 19.9. The minimum Gasteiger partial charge on any atom is -0.481 e. The van der Waals surface area contributed by atoms with E-state index in [2.05, 4.69) is 58.3 Å². The number of carboxylic acids is 1. The topological polar surface area (TPSA) is 87.7 Å². The number of carbonyl (C=O) groups is 2. The van der Waals surface area contributed by atoms with E-state index in [1.165, 1.54) is 57.8 Å². The normalized spacial score (nSPS) is 34.3. The van der Waals surface area contributed by atoms with Crippen LogP contribution in [0.4, 0.5) is 0 Å². The standard InChI is InChI=1S/C34H60N2O2.C2H4O2/c1-7-35-20-9-21-36-23-32(37)38-27-16-18-33(5)26(22-27)12-13-28-30-15-14-29(25(4)11-8-10-24(2)3)34(30,6)19-17-31(28)33;1-2(3)4/h12,24-25,27-31,35-36H,7-11,13-23H2,1-6H3;1H3,(H,3,4)/t25-,27?,28?,29-,30?,31?,33+,34-;/m1./s1. The van der Waals surface area contributed by atoms with Gasteiger partial charge < -0.3 is 20.5 Å². The van der Waals surface area contributed by atoms with Gasteiger partial charge in [-0.05, 0) is 117 Å². The molecule has 3 fully saturated rings. The second-order valence-electron chi connectivity index (χ2n) is 15.0. The first kappa shape index (κ1) is 35.1. The van der Waals surface area contributed by atoms with Crippen LogP contribution in [0.1, 0.15) is 126 Å². The Morgan fingerprint density at radius 3 is 2.40 bits per heavy atom. The Labute approximate surface area is 257 Å². The molecule has 3 N–H and O–H groups in total. The Kier molecular flexibility index (Phi) is 13.4. The molecule has 0 radical (unpaired) electrons. The SMILES string of the molecule is CC(=O)O.CCNCCCNCC(=O)OC1CC[C@@]2(C)C(=CCC3C2CC[C@@]2(C)C3CC[C@@H]2[C@H](C)CCCC(C)C)C1. The van der Waals surface area contributed by atoms with Gasteiger partial charge in [0, 0.05) is 13.3 Å². The minimum atomic E-state index is -0.833. The number of esters is 1. The molecule has 0 bridgehead atoms. The summed E-state index contributed by atoms with van der Waals surface area (Å²) in [4.78, 5) is 21.5. The van der Waals surface area contributed by atoms with E-state index in [0.29, 0.717) is 17.4 Å². The van der Waals surface area contributed by atoms with Gasteiger partial charge in [0.25, 0.3) is 5.97 Å². The Balaban J connectivity index is 0.00000114. The van der Waals surface area contributed by atoms with Gasteiger partial charge in [-0.2, -0.15) is 0 Å². The van der Waals surface area contributed by atoms with E-state index < -0.39 is 5.97 Å². The lowest BCUT2D eigenvalue weighted by Gasteiger charge is -2.58. The molecule has 8 atom stereocenters. The first-order valence-electron chi connectivity index (χ1n) is 17.4. The highest BCUT2D eigenvalue weighted by Crippen LogP contribution is 2.67. The highest BCUT2D eigenvalue weighted by molar-refractivity contribution is 5.71. The summed E-state index contributed by atoms with van der Waals surface area (Å²) in [5.74, 6) is 4.31. The third-order valence-corrected chi connectivity index (χ3v) is 11.8. The number of hydrogen-bond acceptors (Lipinski definition) is 5. The van der Waals surface area contributed by atoms with Crippen LogP contribution in [0.3, 0.4) is 0 Å². The van der Waals surface area contributed by atoms with Crippen LogP contribution in [0.25, 0.3) is 0 Å². The average molecular weight is 589 g/mol. The molecule has 6 nitrogen and oxygen atoms in total. The van der Waals surface area contributed by atoms with Crippen LogP contribution in [0.5, 0.6) is 0 Å². The summed E-state index contributed by atoms with van der Waals surface area (Å²) in [5.41, 5.74) is 2.48. The second-order valence-corrected chi connectivity index (χ2v) is 15.0. The van der Waals surface area contributed by atoms with E-state index in [1.54, 1.807) is 5.57 Å². The quantitative estimate of drug-likeness (QED) is 0.117. The van der Waals surface area contributed by atoms with Crippen molar-refractivity contribution in [2.45, 2.75) is 132 Å². The highest BCUT2D eigenvalue weighted by atomic mass is 16.5. The fourth-order valence-electron chi connectivity index (χ4n) is 9.69. The van der Waals surface area contributed by atoms with Gasteiger partial charge in [-0.1, -0.05) is 72.5 Å². The zero-order chi connectivity index (χ0) is 30.9. The van der Waals surface area contributed by atoms with Gasteiger partial charge in [-0.3, -0.25) is 9.59 Å². The van der Waals surface area contributed by atoms with Crippen molar-refractivity contribution < 1.29 is 19.4 Å². The number of carbonyl (C=O) groups excluding carboxylic acids is 1. The molecule has 4 rings (SSSR count).